The summed E-state index contributed by atoms with van der Waals surface area (Å²) in [5.74, 6) is -0.527. The second-order valence-corrected chi connectivity index (χ2v) is 6.63. The first-order valence-corrected chi connectivity index (χ1v) is 8.21. The summed E-state index contributed by atoms with van der Waals surface area (Å²) in [5.41, 5.74) is 1.73. The van der Waals surface area contributed by atoms with Gasteiger partial charge in [-0.3, -0.25) is 9.59 Å². The number of aryl methyl sites for hydroxylation is 1. The molecule has 0 unspecified atom stereocenters. The molecule has 0 bridgehead atoms. The normalized spacial score (nSPS) is 20.8. The number of hydrogen-bond donors (Lipinski definition) is 1. The molecule has 23 heavy (non-hydrogen) atoms. The zero-order chi connectivity index (χ0) is 16.6. The van der Waals surface area contributed by atoms with Crippen LogP contribution in [0.3, 0.4) is 0 Å². The maximum absolute atomic E-state index is 13.1. The Bertz CT molecular complexity index is 741. The van der Waals surface area contributed by atoms with Gasteiger partial charge in [-0.1, -0.05) is 12.1 Å². The summed E-state index contributed by atoms with van der Waals surface area (Å²) >= 11 is 1.38. The van der Waals surface area contributed by atoms with Crippen LogP contribution in [0, 0.1) is 12.7 Å². The van der Waals surface area contributed by atoms with Gasteiger partial charge in [0.05, 0.1) is 17.0 Å². The second-order valence-electron chi connectivity index (χ2n) is 5.72. The summed E-state index contributed by atoms with van der Waals surface area (Å²) in [6, 6.07) is 7.33. The fourth-order valence-corrected chi connectivity index (χ4v) is 3.78. The van der Waals surface area contributed by atoms with Gasteiger partial charge >= 0.3 is 0 Å². The van der Waals surface area contributed by atoms with Crippen molar-refractivity contribution in [1.29, 1.82) is 0 Å². The molecule has 6 heteroatoms. The summed E-state index contributed by atoms with van der Waals surface area (Å²) < 4.78 is 13.1. The van der Waals surface area contributed by atoms with Crippen LogP contribution in [0.1, 0.15) is 33.3 Å². The third-order valence-electron chi connectivity index (χ3n) is 4.18. The molecule has 2 amide bonds. The van der Waals surface area contributed by atoms with Crippen molar-refractivity contribution in [3.63, 3.8) is 0 Å². The van der Waals surface area contributed by atoms with E-state index in [4.69, 9.17) is 0 Å². The number of nitrogens with one attached hydrogen (secondary N) is 1. The fraction of sp³-hybridized carbons (Fsp3) is 0.294. The molecule has 1 aliphatic rings. The molecular formula is C17H17FN2O2S. The highest BCUT2D eigenvalue weighted by molar-refractivity contribution is 7.12. The van der Waals surface area contributed by atoms with E-state index >= 15 is 0 Å². The molecule has 0 radical (unpaired) electrons. The van der Waals surface area contributed by atoms with E-state index in [9.17, 15) is 14.0 Å². The Morgan fingerprint density at radius 3 is 2.61 bits per heavy atom. The first kappa shape index (κ1) is 15.7. The van der Waals surface area contributed by atoms with E-state index in [1.807, 2.05) is 18.4 Å². The number of nitrogens with zero attached hydrogens (tertiary/aromatic N) is 1. The minimum absolute atomic E-state index is 0.0347. The van der Waals surface area contributed by atoms with Gasteiger partial charge in [-0.25, -0.2) is 4.39 Å². The van der Waals surface area contributed by atoms with Crippen LogP contribution in [0.25, 0.3) is 0 Å². The minimum Gasteiger partial charge on any atom is -0.346 e. The Morgan fingerprint density at radius 2 is 2.00 bits per heavy atom. The van der Waals surface area contributed by atoms with Gasteiger partial charge in [0.25, 0.3) is 5.91 Å². The quantitative estimate of drug-likeness (QED) is 0.939. The Labute approximate surface area is 137 Å². The van der Waals surface area contributed by atoms with E-state index in [0.717, 1.165) is 11.1 Å². The lowest BCUT2D eigenvalue weighted by molar-refractivity contribution is -0.127. The molecule has 1 aromatic heterocycles. The Morgan fingerprint density at radius 1 is 1.30 bits per heavy atom. The van der Waals surface area contributed by atoms with E-state index in [0.29, 0.717) is 4.88 Å². The largest absolute Gasteiger partial charge is 0.346 e. The van der Waals surface area contributed by atoms with Crippen LogP contribution in [-0.4, -0.2) is 29.8 Å². The number of likely N-dealkylation sites (tertiary alicyclic amines) is 1. The lowest BCUT2D eigenvalue weighted by Gasteiger charge is -2.26. The van der Waals surface area contributed by atoms with Gasteiger partial charge in [0.2, 0.25) is 5.91 Å². The predicted molar refractivity (Wildman–Crippen MR) is 86.8 cm³/mol. The van der Waals surface area contributed by atoms with Gasteiger partial charge in [0, 0.05) is 13.5 Å². The zero-order valence-electron chi connectivity index (χ0n) is 12.9. The number of amides is 2. The average Bonchev–Trinajstić information content (AvgIpc) is 3.05. The van der Waals surface area contributed by atoms with E-state index in [-0.39, 0.29) is 36.1 Å². The topological polar surface area (TPSA) is 49.4 Å². The molecule has 0 spiro atoms. The summed E-state index contributed by atoms with van der Waals surface area (Å²) in [4.78, 5) is 26.8. The van der Waals surface area contributed by atoms with Crippen LogP contribution in [0.5, 0.6) is 0 Å². The van der Waals surface area contributed by atoms with Crippen molar-refractivity contribution >= 4 is 23.2 Å². The molecular weight excluding hydrogens is 315 g/mol. The molecule has 120 valence electrons. The first-order chi connectivity index (χ1) is 11.0. The number of thiophene rings is 1. The molecule has 1 aliphatic heterocycles. The maximum Gasteiger partial charge on any atom is 0.261 e. The van der Waals surface area contributed by atoms with Crippen LogP contribution in [0.2, 0.25) is 0 Å². The van der Waals surface area contributed by atoms with Gasteiger partial charge in [0.15, 0.2) is 0 Å². The summed E-state index contributed by atoms with van der Waals surface area (Å²) in [7, 11) is 1.71. The zero-order valence-corrected chi connectivity index (χ0v) is 13.7. The van der Waals surface area contributed by atoms with Gasteiger partial charge in [-0.2, -0.15) is 0 Å². The molecule has 1 N–H and O–H groups in total. The number of hydrogen-bond acceptors (Lipinski definition) is 3. The van der Waals surface area contributed by atoms with Gasteiger partial charge in [-0.15, -0.1) is 11.3 Å². The van der Waals surface area contributed by atoms with E-state index < -0.39 is 0 Å². The molecule has 1 fully saturated rings. The summed E-state index contributed by atoms with van der Waals surface area (Å²) in [5, 5.41) is 4.83. The monoisotopic (exact) mass is 332 g/mol. The Balaban J connectivity index is 1.85. The van der Waals surface area contributed by atoms with Crippen molar-refractivity contribution in [2.45, 2.75) is 25.4 Å². The Hall–Kier alpha value is -2.21. The first-order valence-electron chi connectivity index (χ1n) is 7.33. The van der Waals surface area contributed by atoms with Gasteiger partial charge in [-0.05, 0) is 41.6 Å². The third-order valence-corrected chi connectivity index (χ3v) is 5.20. The number of rotatable bonds is 3. The van der Waals surface area contributed by atoms with E-state index in [2.05, 4.69) is 5.32 Å². The number of carbonyl (C=O) groups excluding carboxylic acids is 2. The molecule has 4 nitrogen and oxygen atoms in total. The van der Waals surface area contributed by atoms with Crippen molar-refractivity contribution in [2.24, 2.45) is 0 Å². The lowest BCUT2D eigenvalue weighted by atomic mass is 10.00. The summed E-state index contributed by atoms with van der Waals surface area (Å²) in [6.45, 7) is 1.88. The summed E-state index contributed by atoms with van der Waals surface area (Å²) in [6.07, 6.45) is 0.245. The molecule has 3 rings (SSSR count). The van der Waals surface area contributed by atoms with Crippen LogP contribution >= 0.6 is 11.3 Å². The molecule has 2 aromatic rings. The standard InChI is InChI=1S/C17H17FN2O2S/c1-10-7-8-23-16(10)17(22)19-13-9-14(21)20(2)15(13)11-3-5-12(18)6-4-11/h3-8,13,15H,9H2,1-2H3,(H,19,22)/t13-,15+/m1/s1. The van der Waals surface area contributed by atoms with Gasteiger partial charge in [0.1, 0.15) is 5.82 Å². The molecule has 1 saturated heterocycles. The van der Waals surface area contributed by atoms with Crippen molar-refractivity contribution < 1.29 is 14.0 Å². The highest BCUT2D eigenvalue weighted by Crippen LogP contribution is 2.32. The third kappa shape index (κ3) is 2.99. The molecule has 2 atom stereocenters. The average molecular weight is 332 g/mol. The molecule has 0 aliphatic carbocycles. The van der Waals surface area contributed by atoms with Crippen LogP contribution in [-0.2, 0) is 4.79 Å². The second kappa shape index (κ2) is 6.12. The predicted octanol–water partition coefficient (Wildman–Crippen LogP) is 2.90. The van der Waals surface area contributed by atoms with Crippen molar-refractivity contribution in [3.8, 4) is 0 Å². The fourth-order valence-electron chi connectivity index (χ4n) is 2.95. The minimum atomic E-state index is -0.327. The Kier molecular flexibility index (Phi) is 4.17. The lowest BCUT2D eigenvalue weighted by Crippen LogP contribution is -2.38. The van der Waals surface area contributed by atoms with Crippen LogP contribution < -0.4 is 5.32 Å². The molecule has 2 heterocycles. The van der Waals surface area contributed by atoms with Crippen molar-refractivity contribution in [2.75, 3.05) is 7.05 Å². The smallest absolute Gasteiger partial charge is 0.261 e. The van der Waals surface area contributed by atoms with Gasteiger partial charge < -0.3 is 10.2 Å². The number of likely N-dealkylation sites (N-methyl/N-ethyl adjacent to an activating group) is 1. The van der Waals surface area contributed by atoms with Crippen molar-refractivity contribution in [3.05, 3.63) is 57.5 Å². The molecule has 0 saturated carbocycles. The number of benzene rings is 1. The van der Waals surface area contributed by atoms with E-state index in [1.165, 1.54) is 23.5 Å². The maximum atomic E-state index is 13.1. The number of halogens is 1. The highest BCUT2D eigenvalue weighted by atomic mass is 32.1. The molecule has 1 aromatic carbocycles. The highest BCUT2D eigenvalue weighted by Gasteiger charge is 2.39. The van der Waals surface area contributed by atoms with Crippen LogP contribution in [0.4, 0.5) is 4.39 Å². The van der Waals surface area contributed by atoms with Crippen LogP contribution in [0.15, 0.2) is 35.7 Å². The van der Waals surface area contributed by atoms with E-state index in [1.54, 1.807) is 24.1 Å². The number of carbonyl (C=O) groups is 2. The SMILES string of the molecule is Cc1ccsc1C(=O)N[C@@H]1CC(=O)N(C)[C@H]1c1ccc(F)cc1. The van der Waals surface area contributed by atoms with Crippen molar-refractivity contribution in [1.82, 2.24) is 10.2 Å².